The summed E-state index contributed by atoms with van der Waals surface area (Å²) in [6.45, 7) is 10.7. The molecule has 0 aliphatic carbocycles. The highest BCUT2D eigenvalue weighted by Gasteiger charge is 2.42. The molecule has 1 aliphatic rings. The molecule has 1 aromatic carbocycles. The SMILES string of the molecule is C=CSc1ccc2c(c1)[N+](CCCS(=O)(=O)O)=C(C)C2(C)C. The van der Waals surface area contributed by atoms with Crippen molar-refractivity contribution in [3.8, 4) is 0 Å². The summed E-state index contributed by atoms with van der Waals surface area (Å²) in [5.74, 6) is -0.215. The second-order valence-electron chi connectivity index (χ2n) is 5.97. The molecule has 0 saturated carbocycles. The summed E-state index contributed by atoms with van der Waals surface area (Å²) in [4.78, 5) is 1.11. The van der Waals surface area contributed by atoms with E-state index in [1.54, 1.807) is 17.2 Å². The van der Waals surface area contributed by atoms with Crippen molar-refractivity contribution in [3.05, 3.63) is 35.7 Å². The number of hydrogen-bond acceptors (Lipinski definition) is 3. The minimum atomic E-state index is -3.91. The highest BCUT2D eigenvalue weighted by Crippen LogP contribution is 2.41. The molecule has 6 heteroatoms. The van der Waals surface area contributed by atoms with Crippen molar-refractivity contribution in [2.24, 2.45) is 0 Å². The third-order valence-electron chi connectivity index (χ3n) is 4.25. The Morgan fingerprint density at radius 2 is 2.09 bits per heavy atom. The third-order valence-corrected chi connectivity index (χ3v) is 5.74. The van der Waals surface area contributed by atoms with E-state index in [0.717, 1.165) is 10.6 Å². The molecule has 0 aromatic heterocycles. The molecule has 120 valence electrons. The first-order valence-corrected chi connectivity index (χ1v) is 9.64. The fourth-order valence-corrected chi connectivity index (χ4v) is 3.85. The molecule has 0 saturated heterocycles. The molecule has 0 bridgehead atoms. The molecule has 4 nitrogen and oxygen atoms in total. The van der Waals surface area contributed by atoms with Gasteiger partial charge >= 0.3 is 0 Å². The van der Waals surface area contributed by atoms with Crippen molar-refractivity contribution in [3.63, 3.8) is 0 Å². The average Bonchev–Trinajstić information content (AvgIpc) is 2.59. The zero-order chi connectivity index (χ0) is 16.5. The Balaban J connectivity index is 2.35. The monoisotopic (exact) mass is 340 g/mol. The van der Waals surface area contributed by atoms with Gasteiger partial charge in [0.25, 0.3) is 10.1 Å². The van der Waals surface area contributed by atoms with Crippen LogP contribution >= 0.6 is 11.8 Å². The second kappa shape index (κ2) is 6.18. The van der Waals surface area contributed by atoms with Gasteiger partial charge in [-0.3, -0.25) is 4.55 Å². The molecular weight excluding hydrogens is 318 g/mol. The van der Waals surface area contributed by atoms with Crippen LogP contribution in [0.4, 0.5) is 5.69 Å². The van der Waals surface area contributed by atoms with Gasteiger partial charge in [-0.15, -0.1) is 0 Å². The first-order chi connectivity index (χ1) is 10.2. The van der Waals surface area contributed by atoms with E-state index in [0.29, 0.717) is 13.0 Å². The molecular formula is C16H22NO3S2+. The molecule has 1 aromatic rings. The maximum Gasteiger partial charge on any atom is 0.265 e. The van der Waals surface area contributed by atoms with Crippen LogP contribution in [-0.4, -0.2) is 35.6 Å². The summed E-state index contributed by atoms with van der Waals surface area (Å²) in [5.41, 5.74) is 3.47. The highest BCUT2D eigenvalue weighted by atomic mass is 32.2. The van der Waals surface area contributed by atoms with Crippen LogP contribution in [0.1, 0.15) is 32.8 Å². The Morgan fingerprint density at radius 3 is 2.68 bits per heavy atom. The maximum atomic E-state index is 10.9. The Hall–Kier alpha value is -1.11. The minimum absolute atomic E-state index is 0.0786. The van der Waals surface area contributed by atoms with Crippen LogP contribution in [-0.2, 0) is 15.5 Å². The molecule has 0 fully saturated rings. The fourth-order valence-electron chi connectivity index (χ4n) is 2.84. The topological polar surface area (TPSA) is 57.4 Å². The smallest absolute Gasteiger partial charge is 0.265 e. The van der Waals surface area contributed by atoms with Gasteiger partial charge in [-0.25, -0.2) is 0 Å². The summed E-state index contributed by atoms with van der Waals surface area (Å²) in [7, 11) is -3.91. The van der Waals surface area contributed by atoms with Crippen molar-refractivity contribution in [2.45, 2.75) is 37.5 Å². The lowest BCUT2D eigenvalue weighted by molar-refractivity contribution is -0.438. The van der Waals surface area contributed by atoms with Crippen LogP contribution in [0, 0.1) is 0 Å². The van der Waals surface area contributed by atoms with Gasteiger partial charge in [-0.2, -0.15) is 13.0 Å². The lowest BCUT2D eigenvalue weighted by atomic mass is 9.82. The Morgan fingerprint density at radius 1 is 1.41 bits per heavy atom. The lowest BCUT2D eigenvalue weighted by Gasteiger charge is -2.14. The zero-order valence-electron chi connectivity index (χ0n) is 13.2. The largest absolute Gasteiger partial charge is 0.286 e. The molecule has 1 N–H and O–H groups in total. The van der Waals surface area contributed by atoms with Crippen LogP contribution in [0.25, 0.3) is 0 Å². The van der Waals surface area contributed by atoms with Crippen LogP contribution in [0.2, 0.25) is 0 Å². The van der Waals surface area contributed by atoms with Gasteiger partial charge in [0.1, 0.15) is 6.54 Å². The summed E-state index contributed by atoms with van der Waals surface area (Å²) in [6, 6.07) is 6.34. The first kappa shape index (κ1) is 17.2. The Labute approximate surface area is 136 Å². The quantitative estimate of drug-likeness (QED) is 0.488. The standard InChI is InChI=1S/C16H21NO3S2/c1-5-21-13-7-8-14-15(11-13)17(12(2)16(14,3)4)9-6-10-22(18,19)20/h5,7-8,11H,1,6,9-10H2,2-4H3/p+1. The molecule has 0 amide bonds. The Bertz CT molecular complexity index is 734. The summed E-state index contributed by atoms with van der Waals surface area (Å²) in [5, 5.41) is 1.79. The van der Waals surface area contributed by atoms with E-state index in [-0.39, 0.29) is 11.2 Å². The van der Waals surface area contributed by atoms with E-state index < -0.39 is 10.1 Å². The average molecular weight is 340 g/mol. The highest BCUT2D eigenvalue weighted by molar-refractivity contribution is 8.02. The van der Waals surface area contributed by atoms with Crippen molar-refractivity contribution < 1.29 is 17.5 Å². The lowest BCUT2D eigenvalue weighted by Crippen LogP contribution is -2.27. The van der Waals surface area contributed by atoms with Gasteiger partial charge in [-0.05, 0) is 25.3 Å². The molecule has 22 heavy (non-hydrogen) atoms. The van der Waals surface area contributed by atoms with Gasteiger partial charge in [0.15, 0.2) is 5.71 Å². The van der Waals surface area contributed by atoms with Gasteiger partial charge in [-0.1, -0.05) is 24.4 Å². The van der Waals surface area contributed by atoms with Gasteiger partial charge < -0.3 is 0 Å². The number of thioether (sulfide) groups is 1. The molecule has 0 radical (unpaired) electrons. The minimum Gasteiger partial charge on any atom is -0.286 e. The molecule has 0 unspecified atom stereocenters. The molecule has 2 rings (SSSR count). The van der Waals surface area contributed by atoms with Crippen LogP contribution in [0.5, 0.6) is 0 Å². The van der Waals surface area contributed by atoms with Crippen LogP contribution in [0.3, 0.4) is 0 Å². The number of benzene rings is 1. The van der Waals surface area contributed by atoms with Crippen LogP contribution in [0.15, 0.2) is 35.1 Å². The van der Waals surface area contributed by atoms with Crippen molar-refractivity contribution in [1.29, 1.82) is 0 Å². The third kappa shape index (κ3) is 3.45. The summed E-state index contributed by atoms with van der Waals surface area (Å²) >= 11 is 1.56. The van der Waals surface area contributed by atoms with E-state index in [9.17, 15) is 8.42 Å². The van der Waals surface area contributed by atoms with E-state index in [2.05, 4.69) is 50.1 Å². The van der Waals surface area contributed by atoms with E-state index in [1.807, 2.05) is 0 Å². The molecule has 1 aliphatic heterocycles. The van der Waals surface area contributed by atoms with E-state index in [4.69, 9.17) is 4.55 Å². The number of rotatable bonds is 6. The molecule has 0 spiro atoms. The van der Waals surface area contributed by atoms with Gasteiger partial charge in [0.2, 0.25) is 5.69 Å². The van der Waals surface area contributed by atoms with Crippen LogP contribution < -0.4 is 0 Å². The predicted molar refractivity (Wildman–Crippen MR) is 92.0 cm³/mol. The molecule has 1 heterocycles. The molecule has 0 atom stereocenters. The normalized spacial score (nSPS) is 16.7. The van der Waals surface area contributed by atoms with Crippen molar-refractivity contribution in [2.75, 3.05) is 12.3 Å². The first-order valence-electron chi connectivity index (χ1n) is 7.15. The van der Waals surface area contributed by atoms with Gasteiger partial charge in [0, 0.05) is 29.9 Å². The maximum absolute atomic E-state index is 10.9. The van der Waals surface area contributed by atoms with E-state index >= 15 is 0 Å². The fraction of sp³-hybridized carbons (Fsp3) is 0.438. The summed E-state index contributed by atoms with van der Waals surface area (Å²) < 4.78 is 32.9. The van der Waals surface area contributed by atoms with Gasteiger partial charge in [0.05, 0.1) is 11.2 Å². The number of nitrogens with zero attached hydrogens (tertiary/aromatic N) is 1. The van der Waals surface area contributed by atoms with Crippen molar-refractivity contribution >= 4 is 33.3 Å². The van der Waals surface area contributed by atoms with E-state index in [1.165, 1.54) is 11.3 Å². The Kier molecular flexibility index (Phi) is 4.84. The zero-order valence-corrected chi connectivity index (χ0v) is 14.8. The summed E-state index contributed by atoms with van der Waals surface area (Å²) in [6.07, 6.45) is 0.393. The van der Waals surface area contributed by atoms with Crippen molar-refractivity contribution in [1.82, 2.24) is 0 Å². The number of hydrogen-bond donors (Lipinski definition) is 1. The second-order valence-corrected chi connectivity index (χ2v) is 8.58. The predicted octanol–water partition coefficient (Wildman–Crippen LogP) is 3.60. The number of fused-ring (bicyclic) bond motifs is 1.